The lowest BCUT2D eigenvalue weighted by atomic mass is 9.67. The molecule has 6 nitrogen and oxygen atoms in total. The van der Waals surface area contributed by atoms with E-state index in [9.17, 15) is 9.59 Å². The maximum absolute atomic E-state index is 13.1. The first-order valence-electron chi connectivity index (χ1n) is 10.6. The summed E-state index contributed by atoms with van der Waals surface area (Å²) in [6, 6.07) is 0.208. The number of nitrogens with one attached hydrogen (secondary N) is 1. The van der Waals surface area contributed by atoms with E-state index >= 15 is 0 Å². The molecule has 0 spiro atoms. The van der Waals surface area contributed by atoms with Crippen LogP contribution in [0.3, 0.4) is 0 Å². The summed E-state index contributed by atoms with van der Waals surface area (Å²) >= 11 is 0. The standard InChI is InChI=1S/C20H33N3O3/c21-15-11-13-5-3-6-14(12-15)18(13)22-19(24)16-7-1-2-9-23(16)20(25)17-8-4-10-26-17/h13-18H,1-12,21H2,(H,22,24). The van der Waals surface area contributed by atoms with Crippen molar-refractivity contribution in [2.45, 2.75) is 88.4 Å². The fourth-order valence-electron chi connectivity index (χ4n) is 5.71. The number of hydrogen-bond donors (Lipinski definition) is 2. The van der Waals surface area contributed by atoms with Crippen LogP contribution < -0.4 is 11.1 Å². The number of carbonyl (C=O) groups is 2. The third-order valence-corrected chi connectivity index (χ3v) is 6.98. The van der Waals surface area contributed by atoms with Gasteiger partial charge in [0.1, 0.15) is 12.1 Å². The number of rotatable bonds is 3. The highest BCUT2D eigenvalue weighted by atomic mass is 16.5. The van der Waals surface area contributed by atoms with Gasteiger partial charge >= 0.3 is 0 Å². The third-order valence-electron chi connectivity index (χ3n) is 6.98. The first kappa shape index (κ1) is 18.2. The van der Waals surface area contributed by atoms with Gasteiger partial charge in [-0.25, -0.2) is 0 Å². The zero-order chi connectivity index (χ0) is 18.1. The largest absolute Gasteiger partial charge is 0.368 e. The Bertz CT molecular complexity index is 520. The van der Waals surface area contributed by atoms with E-state index in [0.717, 1.165) is 44.9 Å². The van der Waals surface area contributed by atoms with Gasteiger partial charge in [0.25, 0.3) is 5.91 Å². The molecule has 2 heterocycles. The molecule has 26 heavy (non-hydrogen) atoms. The SMILES string of the molecule is NC1CC2CCCC(C1)C2NC(=O)C1CCCCN1C(=O)C1CCCO1. The van der Waals surface area contributed by atoms with Gasteiger partial charge in [-0.1, -0.05) is 6.42 Å². The van der Waals surface area contributed by atoms with Crippen LogP contribution >= 0.6 is 0 Å². The molecule has 2 saturated carbocycles. The van der Waals surface area contributed by atoms with E-state index in [1.54, 1.807) is 4.90 Å². The van der Waals surface area contributed by atoms with E-state index in [0.29, 0.717) is 25.0 Å². The predicted molar refractivity (Wildman–Crippen MR) is 98.3 cm³/mol. The van der Waals surface area contributed by atoms with Gasteiger partial charge in [-0.05, 0) is 69.6 Å². The van der Waals surface area contributed by atoms with Crippen molar-refractivity contribution in [3.8, 4) is 0 Å². The van der Waals surface area contributed by atoms with Crippen LogP contribution in [0, 0.1) is 11.8 Å². The Labute approximate surface area is 156 Å². The zero-order valence-electron chi connectivity index (χ0n) is 15.7. The van der Waals surface area contributed by atoms with Crippen molar-refractivity contribution < 1.29 is 14.3 Å². The summed E-state index contributed by atoms with van der Waals surface area (Å²) < 4.78 is 5.58. The Hall–Kier alpha value is -1.14. The maximum Gasteiger partial charge on any atom is 0.252 e. The topological polar surface area (TPSA) is 84.7 Å². The molecule has 2 aliphatic carbocycles. The maximum atomic E-state index is 13.1. The van der Waals surface area contributed by atoms with Crippen LogP contribution in [0.2, 0.25) is 0 Å². The zero-order valence-corrected chi connectivity index (χ0v) is 15.7. The van der Waals surface area contributed by atoms with Gasteiger partial charge in [0, 0.05) is 25.2 Å². The lowest BCUT2D eigenvalue weighted by Gasteiger charge is -2.46. The molecular weight excluding hydrogens is 330 g/mol. The number of fused-ring (bicyclic) bond motifs is 2. The van der Waals surface area contributed by atoms with Crippen LogP contribution in [-0.2, 0) is 14.3 Å². The van der Waals surface area contributed by atoms with E-state index in [1.807, 2.05) is 0 Å². The minimum atomic E-state index is -0.338. The average Bonchev–Trinajstić information content (AvgIpc) is 3.16. The summed E-state index contributed by atoms with van der Waals surface area (Å²) in [4.78, 5) is 27.8. The van der Waals surface area contributed by atoms with Gasteiger partial charge in [-0.2, -0.15) is 0 Å². The van der Waals surface area contributed by atoms with E-state index in [4.69, 9.17) is 10.5 Å². The normalized spacial score (nSPS) is 40.3. The van der Waals surface area contributed by atoms with Crippen LogP contribution in [0.25, 0.3) is 0 Å². The number of piperidine rings is 1. The molecule has 146 valence electrons. The molecular formula is C20H33N3O3. The van der Waals surface area contributed by atoms with E-state index in [-0.39, 0.29) is 36.0 Å². The number of amides is 2. The molecule has 6 heteroatoms. The van der Waals surface area contributed by atoms with E-state index < -0.39 is 0 Å². The van der Waals surface area contributed by atoms with Crippen molar-refractivity contribution in [1.82, 2.24) is 10.2 Å². The quantitative estimate of drug-likeness (QED) is 0.797. The summed E-state index contributed by atoms with van der Waals surface area (Å²) in [7, 11) is 0. The highest BCUT2D eigenvalue weighted by molar-refractivity contribution is 5.90. The fraction of sp³-hybridized carbons (Fsp3) is 0.900. The Balaban J connectivity index is 1.43. The highest BCUT2D eigenvalue weighted by Crippen LogP contribution is 2.39. The number of carbonyl (C=O) groups excluding carboxylic acids is 2. The lowest BCUT2D eigenvalue weighted by molar-refractivity contribution is -0.150. The van der Waals surface area contributed by atoms with Gasteiger partial charge in [-0.3, -0.25) is 9.59 Å². The van der Waals surface area contributed by atoms with Crippen LogP contribution in [0.15, 0.2) is 0 Å². The molecule has 4 fully saturated rings. The highest BCUT2D eigenvalue weighted by Gasteiger charge is 2.42. The second kappa shape index (κ2) is 7.85. The Morgan fingerprint density at radius 1 is 0.962 bits per heavy atom. The molecule has 0 radical (unpaired) electrons. The summed E-state index contributed by atoms with van der Waals surface area (Å²) in [5.74, 6) is 1.08. The first-order valence-corrected chi connectivity index (χ1v) is 10.6. The minimum Gasteiger partial charge on any atom is -0.368 e. The molecule has 3 N–H and O–H groups in total. The molecule has 2 saturated heterocycles. The summed E-state index contributed by atoms with van der Waals surface area (Å²) in [5, 5.41) is 3.36. The van der Waals surface area contributed by atoms with Crippen LogP contribution in [0.4, 0.5) is 0 Å². The average molecular weight is 364 g/mol. The number of ether oxygens (including phenoxy) is 1. The third kappa shape index (κ3) is 3.63. The summed E-state index contributed by atoms with van der Waals surface area (Å²) in [6.45, 7) is 1.34. The number of nitrogens with zero attached hydrogens (tertiary/aromatic N) is 1. The van der Waals surface area contributed by atoms with Crippen molar-refractivity contribution >= 4 is 11.8 Å². The van der Waals surface area contributed by atoms with Crippen molar-refractivity contribution in [2.24, 2.45) is 17.6 Å². The van der Waals surface area contributed by atoms with Crippen molar-refractivity contribution in [3.05, 3.63) is 0 Å². The second-order valence-electron chi connectivity index (χ2n) is 8.76. The van der Waals surface area contributed by atoms with Crippen molar-refractivity contribution in [2.75, 3.05) is 13.2 Å². The fourth-order valence-corrected chi connectivity index (χ4v) is 5.71. The molecule has 4 aliphatic rings. The molecule has 2 bridgehead atoms. The smallest absolute Gasteiger partial charge is 0.252 e. The molecule has 4 unspecified atom stereocenters. The number of hydrogen-bond acceptors (Lipinski definition) is 4. The molecule has 0 aromatic carbocycles. The van der Waals surface area contributed by atoms with Crippen molar-refractivity contribution in [3.63, 3.8) is 0 Å². The Morgan fingerprint density at radius 2 is 1.73 bits per heavy atom. The van der Waals surface area contributed by atoms with Crippen molar-refractivity contribution in [1.29, 1.82) is 0 Å². The van der Waals surface area contributed by atoms with Gasteiger partial charge in [0.2, 0.25) is 5.91 Å². The molecule has 0 aromatic heterocycles. The Morgan fingerprint density at radius 3 is 2.42 bits per heavy atom. The first-order chi connectivity index (χ1) is 12.6. The van der Waals surface area contributed by atoms with Gasteiger partial charge < -0.3 is 20.7 Å². The number of likely N-dealkylation sites (tertiary alicyclic amines) is 1. The summed E-state index contributed by atoms with van der Waals surface area (Å²) in [6.07, 6.45) is 9.76. The van der Waals surface area contributed by atoms with Crippen LogP contribution in [0.1, 0.15) is 64.2 Å². The molecule has 2 amide bonds. The molecule has 4 atom stereocenters. The second-order valence-corrected chi connectivity index (χ2v) is 8.76. The van der Waals surface area contributed by atoms with Crippen LogP contribution in [0.5, 0.6) is 0 Å². The van der Waals surface area contributed by atoms with Gasteiger partial charge in [0.15, 0.2) is 0 Å². The lowest BCUT2D eigenvalue weighted by Crippen LogP contribution is -2.60. The molecule has 2 aliphatic heterocycles. The monoisotopic (exact) mass is 363 g/mol. The Kier molecular flexibility index (Phi) is 5.50. The summed E-state index contributed by atoms with van der Waals surface area (Å²) in [5.41, 5.74) is 6.21. The minimum absolute atomic E-state index is 0.0215. The predicted octanol–water partition coefficient (Wildman–Crippen LogP) is 1.57. The molecule has 0 aromatic rings. The van der Waals surface area contributed by atoms with E-state index in [2.05, 4.69) is 5.32 Å². The molecule has 4 rings (SSSR count). The van der Waals surface area contributed by atoms with E-state index in [1.165, 1.54) is 19.3 Å². The number of nitrogens with two attached hydrogens (primary N) is 1. The van der Waals surface area contributed by atoms with Gasteiger partial charge in [-0.15, -0.1) is 0 Å². The van der Waals surface area contributed by atoms with Crippen LogP contribution in [-0.4, -0.2) is 54.1 Å². The van der Waals surface area contributed by atoms with Gasteiger partial charge in [0.05, 0.1) is 0 Å².